The lowest BCUT2D eigenvalue weighted by Gasteiger charge is -2.36. The highest BCUT2D eigenvalue weighted by Crippen LogP contribution is 2.34. The minimum atomic E-state index is 0.716. The quantitative estimate of drug-likeness (QED) is 0.784. The van der Waals surface area contributed by atoms with Gasteiger partial charge >= 0.3 is 0 Å². The first kappa shape index (κ1) is 14.7. The first-order chi connectivity index (χ1) is 7.69. The summed E-state index contributed by atoms with van der Waals surface area (Å²) >= 11 is 4.34. The van der Waals surface area contributed by atoms with E-state index in [-0.39, 0.29) is 0 Å². The molecular weight excluding hydrogens is 234 g/mol. The number of nitrogens with one attached hydrogen (secondary N) is 1. The summed E-state index contributed by atoms with van der Waals surface area (Å²) in [5.41, 5.74) is 0. The maximum atomic E-state index is 3.71. The van der Waals surface area contributed by atoms with Gasteiger partial charge in [0.15, 0.2) is 0 Å². The van der Waals surface area contributed by atoms with Gasteiger partial charge in [-0.1, -0.05) is 34.1 Å². The molecule has 1 aliphatic heterocycles. The van der Waals surface area contributed by atoms with Gasteiger partial charge in [0, 0.05) is 28.0 Å². The van der Waals surface area contributed by atoms with Gasteiger partial charge in [-0.15, -0.1) is 0 Å². The Hall–Kier alpha value is 0.660. The summed E-state index contributed by atoms with van der Waals surface area (Å²) in [4.78, 5) is 0. The molecule has 1 saturated heterocycles. The molecule has 0 amide bonds. The summed E-state index contributed by atoms with van der Waals surface area (Å²) in [6, 6.07) is 0.716. The van der Waals surface area contributed by atoms with E-state index in [1.165, 1.54) is 24.3 Å². The largest absolute Gasteiger partial charge is 0.313 e. The molecule has 4 unspecified atom stereocenters. The summed E-state index contributed by atoms with van der Waals surface area (Å²) in [6.45, 7) is 10.4. The van der Waals surface area contributed by atoms with Crippen molar-refractivity contribution in [3.63, 3.8) is 0 Å². The fourth-order valence-corrected chi connectivity index (χ4v) is 5.26. The molecule has 96 valence electrons. The second-order valence-electron chi connectivity index (χ2n) is 4.82. The Labute approximate surface area is 110 Å². The van der Waals surface area contributed by atoms with Crippen LogP contribution in [-0.2, 0) is 0 Å². The van der Waals surface area contributed by atoms with Crippen LogP contribution in [-0.4, -0.2) is 34.6 Å². The fourth-order valence-electron chi connectivity index (χ4n) is 2.29. The zero-order chi connectivity index (χ0) is 12.0. The maximum Gasteiger partial charge on any atom is 0.0317 e. The van der Waals surface area contributed by atoms with Gasteiger partial charge in [-0.3, -0.25) is 0 Å². The van der Waals surface area contributed by atoms with Crippen LogP contribution in [0.3, 0.4) is 0 Å². The van der Waals surface area contributed by atoms with E-state index in [2.05, 4.69) is 56.5 Å². The minimum absolute atomic E-state index is 0.716. The second kappa shape index (κ2) is 7.88. The smallest absolute Gasteiger partial charge is 0.0317 e. The lowest BCUT2D eigenvalue weighted by atomic mass is 9.96. The van der Waals surface area contributed by atoms with Crippen LogP contribution in [0.1, 0.15) is 40.5 Å². The molecule has 0 aliphatic carbocycles. The van der Waals surface area contributed by atoms with Crippen LogP contribution in [0.25, 0.3) is 0 Å². The normalized spacial score (nSPS) is 30.0. The van der Waals surface area contributed by atoms with E-state index in [9.17, 15) is 0 Å². The monoisotopic (exact) mass is 261 g/mol. The van der Waals surface area contributed by atoms with Gasteiger partial charge in [-0.05, 0) is 18.9 Å². The Bertz CT molecular complexity index is 187. The molecule has 16 heavy (non-hydrogen) atoms. The standard InChI is InChI=1S/C13H27NS2/c1-5-10(3)9-12(14-6-2)13-11(4)15-7-8-16-13/h10-14H,5-9H2,1-4H3. The first-order valence-electron chi connectivity index (χ1n) is 6.65. The van der Waals surface area contributed by atoms with Crippen molar-refractivity contribution >= 4 is 23.5 Å². The van der Waals surface area contributed by atoms with Crippen molar-refractivity contribution in [2.75, 3.05) is 18.1 Å². The third kappa shape index (κ3) is 4.50. The highest BCUT2D eigenvalue weighted by Gasteiger charge is 2.30. The average Bonchev–Trinajstić information content (AvgIpc) is 2.29. The summed E-state index contributed by atoms with van der Waals surface area (Å²) in [5.74, 6) is 3.52. The number of rotatable bonds is 6. The molecule has 0 saturated carbocycles. The van der Waals surface area contributed by atoms with Crippen molar-refractivity contribution in [1.29, 1.82) is 0 Å². The van der Waals surface area contributed by atoms with Gasteiger partial charge in [0.05, 0.1) is 0 Å². The topological polar surface area (TPSA) is 12.0 Å². The van der Waals surface area contributed by atoms with Crippen LogP contribution in [0.2, 0.25) is 0 Å². The predicted molar refractivity (Wildman–Crippen MR) is 79.7 cm³/mol. The molecule has 4 atom stereocenters. The molecule has 0 radical (unpaired) electrons. The zero-order valence-electron chi connectivity index (χ0n) is 11.2. The molecule has 1 aliphatic rings. The molecule has 0 aromatic rings. The molecule has 0 aromatic heterocycles. The van der Waals surface area contributed by atoms with E-state index in [1.54, 1.807) is 0 Å². The summed E-state index contributed by atoms with van der Waals surface area (Å²) in [5, 5.41) is 5.34. The summed E-state index contributed by atoms with van der Waals surface area (Å²) in [6.07, 6.45) is 2.65. The zero-order valence-corrected chi connectivity index (χ0v) is 12.8. The van der Waals surface area contributed by atoms with Crippen molar-refractivity contribution in [2.45, 2.75) is 57.1 Å². The second-order valence-corrected chi connectivity index (χ2v) is 7.60. The third-order valence-electron chi connectivity index (χ3n) is 3.45. The summed E-state index contributed by atoms with van der Waals surface area (Å²) < 4.78 is 0. The van der Waals surface area contributed by atoms with Crippen LogP contribution in [0.15, 0.2) is 0 Å². The van der Waals surface area contributed by atoms with Crippen molar-refractivity contribution in [1.82, 2.24) is 5.32 Å². The number of hydrogen-bond acceptors (Lipinski definition) is 3. The van der Waals surface area contributed by atoms with Gasteiger partial charge in [-0.25, -0.2) is 0 Å². The SMILES string of the molecule is CCNC(CC(C)CC)C1SCCSC1C. The lowest BCUT2D eigenvalue weighted by molar-refractivity contribution is 0.388. The number of hydrogen-bond donors (Lipinski definition) is 1. The van der Waals surface area contributed by atoms with Crippen LogP contribution >= 0.6 is 23.5 Å². The number of thioether (sulfide) groups is 2. The average molecular weight is 262 g/mol. The van der Waals surface area contributed by atoms with E-state index in [0.717, 1.165) is 23.0 Å². The highest BCUT2D eigenvalue weighted by molar-refractivity contribution is 8.07. The van der Waals surface area contributed by atoms with Crippen molar-refractivity contribution in [3.05, 3.63) is 0 Å². The molecule has 0 aromatic carbocycles. The molecule has 0 spiro atoms. The van der Waals surface area contributed by atoms with Gasteiger partial charge in [0.2, 0.25) is 0 Å². The highest BCUT2D eigenvalue weighted by atomic mass is 32.2. The van der Waals surface area contributed by atoms with E-state index in [1.807, 2.05) is 0 Å². The van der Waals surface area contributed by atoms with Crippen molar-refractivity contribution in [2.24, 2.45) is 5.92 Å². The Morgan fingerprint density at radius 2 is 1.94 bits per heavy atom. The van der Waals surface area contributed by atoms with E-state index >= 15 is 0 Å². The van der Waals surface area contributed by atoms with Crippen LogP contribution in [0, 0.1) is 5.92 Å². The molecule has 1 heterocycles. The molecule has 1 rings (SSSR count). The first-order valence-corrected chi connectivity index (χ1v) is 8.75. The van der Waals surface area contributed by atoms with Crippen LogP contribution in [0.4, 0.5) is 0 Å². The van der Waals surface area contributed by atoms with Gasteiger partial charge in [-0.2, -0.15) is 23.5 Å². The summed E-state index contributed by atoms with van der Waals surface area (Å²) in [7, 11) is 0. The van der Waals surface area contributed by atoms with Gasteiger partial charge in [0.1, 0.15) is 0 Å². The van der Waals surface area contributed by atoms with Crippen molar-refractivity contribution < 1.29 is 0 Å². The lowest BCUT2D eigenvalue weighted by Crippen LogP contribution is -2.45. The third-order valence-corrected chi connectivity index (χ3v) is 6.70. The van der Waals surface area contributed by atoms with Gasteiger partial charge < -0.3 is 5.32 Å². The van der Waals surface area contributed by atoms with Crippen LogP contribution in [0.5, 0.6) is 0 Å². The van der Waals surface area contributed by atoms with Crippen molar-refractivity contribution in [3.8, 4) is 0 Å². The van der Waals surface area contributed by atoms with E-state index < -0.39 is 0 Å². The van der Waals surface area contributed by atoms with Crippen LogP contribution < -0.4 is 5.32 Å². The fraction of sp³-hybridized carbons (Fsp3) is 1.00. The molecular formula is C13H27NS2. The maximum absolute atomic E-state index is 3.71. The minimum Gasteiger partial charge on any atom is -0.313 e. The Morgan fingerprint density at radius 1 is 1.25 bits per heavy atom. The van der Waals surface area contributed by atoms with E-state index in [4.69, 9.17) is 0 Å². The molecule has 3 heteroatoms. The Balaban J connectivity index is 2.52. The van der Waals surface area contributed by atoms with E-state index in [0.29, 0.717) is 6.04 Å². The molecule has 1 N–H and O–H groups in total. The molecule has 0 bridgehead atoms. The Morgan fingerprint density at radius 3 is 2.50 bits per heavy atom. The van der Waals surface area contributed by atoms with Gasteiger partial charge in [0.25, 0.3) is 0 Å². The predicted octanol–water partition coefficient (Wildman–Crippen LogP) is 3.64. The molecule has 1 fully saturated rings. The molecule has 1 nitrogen and oxygen atoms in total. The Kier molecular flexibility index (Phi) is 7.25.